The fourth-order valence-corrected chi connectivity index (χ4v) is 1.99. The maximum Gasteiger partial charge on any atom is 0.315 e. The lowest BCUT2D eigenvalue weighted by molar-refractivity contribution is 0.188. The van der Waals surface area contributed by atoms with Crippen LogP contribution in [0, 0.1) is 0 Å². The molecule has 1 heterocycles. The molecule has 1 aliphatic rings. The van der Waals surface area contributed by atoms with E-state index >= 15 is 0 Å². The van der Waals surface area contributed by atoms with Gasteiger partial charge in [-0.05, 0) is 12.8 Å². The predicted octanol–water partition coefficient (Wildman–Crippen LogP) is 2.44. The quantitative estimate of drug-likeness (QED) is 0.642. The molecule has 1 fully saturated rings. The summed E-state index contributed by atoms with van der Waals surface area (Å²) in [4.78, 5) is 11.5. The normalized spacial score (nSPS) is 19.2. The molecule has 4 heteroatoms. The third kappa shape index (κ3) is 7.21. The lowest BCUT2D eigenvalue weighted by atomic mass is 10.1. The van der Waals surface area contributed by atoms with Crippen molar-refractivity contribution in [2.24, 2.45) is 0 Å². The molecule has 100 valence electrons. The van der Waals surface area contributed by atoms with Crippen molar-refractivity contribution in [2.75, 3.05) is 19.8 Å². The molecule has 2 amide bonds. The van der Waals surface area contributed by atoms with Crippen LogP contribution in [0.15, 0.2) is 0 Å². The zero-order chi connectivity index (χ0) is 12.3. The van der Waals surface area contributed by atoms with Crippen LogP contribution in [0.25, 0.3) is 0 Å². The number of nitrogens with one attached hydrogen (secondary N) is 2. The van der Waals surface area contributed by atoms with E-state index in [9.17, 15) is 4.79 Å². The highest BCUT2D eigenvalue weighted by Crippen LogP contribution is 2.04. The number of hydrogen-bond donors (Lipinski definition) is 2. The first-order valence-electron chi connectivity index (χ1n) is 6.95. The predicted molar refractivity (Wildman–Crippen MR) is 69.1 cm³/mol. The number of amides is 2. The second-order valence-corrected chi connectivity index (χ2v) is 4.73. The van der Waals surface area contributed by atoms with E-state index < -0.39 is 0 Å². The van der Waals surface area contributed by atoms with Crippen LogP contribution in [0.4, 0.5) is 4.79 Å². The Bertz CT molecular complexity index is 204. The molecule has 0 aromatic carbocycles. The van der Waals surface area contributed by atoms with Gasteiger partial charge in [0.2, 0.25) is 0 Å². The van der Waals surface area contributed by atoms with E-state index in [4.69, 9.17) is 4.74 Å². The topological polar surface area (TPSA) is 50.4 Å². The van der Waals surface area contributed by atoms with E-state index in [0.717, 1.165) is 26.0 Å². The van der Waals surface area contributed by atoms with Crippen LogP contribution < -0.4 is 10.6 Å². The van der Waals surface area contributed by atoms with Gasteiger partial charge in [-0.25, -0.2) is 4.79 Å². The third-order valence-electron chi connectivity index (χ3n) is 3.08. The van der Waals surface area contributed by atoms with Gasteiger partial charge in [0.1, 0.15) is 0 Å². The average molecular weight is 242 g/mol. The van der Waals surface area contributed by atoms with Crippen LogP contribution in [-0.4, -0.2) is 31.8 Å². The Labute approximate surface area is 104 Å². The Morgan fingerprint density at radius 3 is 2.71 bits per heavy atom. The van der Waals surface area contributed by atoms with Crippen molar-refractivity contribution in [3.05, 3.63) is 0 Å². The molecular weight excluding hydrogens is 216 g/mol. The summed E-state index contributed by atoms with van der Waals surface area (Å²) in [6.07, 6.45) is 8.45. The van der Waals surface area contributed by atoms with Crippen molar-refractivity contribution in [2.45, 2.75) is 57.9 Å². The van der Waals surface area contributed by atoms with E-state index in [2.05, 4.69) is 17.6 Å². The molecule has 1 aliphatic heterocycles. The van der Waals surface area contributed by atoms with E-state index in [1.54, 1.807) is 0 Å². The van der Waals surface area contributed by atoms with Crippen molar-refractivity contribution in [3.8, 4) is 0 Å². The van der Waals surface area contributed by atoms with Gasteiger partial charge in [0, 0.05) is 13.2 Å². The molecule has 0 radical (unpaired) electrons. The largest absolute Gasteiger partial charge is 0.379 e. The van der Waals surface area contributed by atoms with Gasteiger partial charge in [-0.3, -0.25) is 0 Å². The van der Waals surface area contributed by atoms with Crippen LogP contribution in [0.3, 0.4) is 0 Å². The molecule has 0 aromatic rings. The first kappa shape index (κ1) is 14.3. The molecule has 4 nitrogen and oxygen atoms in total. The average Bonchev–Trinajstić information content (AvgIpc) is 2.80. The second kappa shape index (κ2) is 9.28. The summed E-state index contributed by atoms with van der Waals surface area (Å²) in [5.74, 6) is 0. The number of hydrogen-bond acceptors (Lipinski definition) is 2. The molecule has 1 saturated heterocycles. The maximum absolute atomic E-state index is 11.5. The van der Waals surface area contributed by atoms with E-state index in [0.29, 0.717) is 6.61 Å². The van der Waals surface area contributed by atoms with Gasteiger partial charge in [0.05, 0.1) is 12.6 Å². The van der Waals surface area contributed by atoms with E-state index in [1.165, 1.54) is 32.1 Å². The minimum atomic E-state index is -0.0472. The van der Waals surface area contributed by atoms with Crippen molar-refractivity contribution < 1.29 is 9.53 Å². The van der Waals surface area contributed by atoms with Crippen molar-refractivity contribution in [1.29, 1.82) is 0 Å². The van der Waals surface area contributed by atoms with Crippen LogP contribution in [0.2, 0.25) is 0 Å². The molecule has 0 saturated carbocycles. The number of urea groups is 1. The summed E-state index contributed by atoms with van der Waals surface area (Å²) in [5, 5.41) is 5.81. The molecule has 0 bridgehead atoms. The Morgan fingerprint density at radius 2 is 2.00 bits per heavy atom. The van der Waals surface area contributed by atoms with Gasteiger partial charge in [0.15, 0.2) is 0 Å². The zero-order valence-corrected chi connectivity index (χ0v) is 11.0. The maximum atomic E-state index is 11.5. The minimum absolute atomic E-state index is 0.0472. The summed E-state index contributed by atoms with van der Waals surface area (Å²) in [6, 6.07) is 0.161. The number of carbonyl (C=O) groups excluding carboxylic acids is 1. The highest BCUT2D eigenvalue weighted by atomic mass is 16.5. The lowest BCUT2D eigenvalue weighted by Crippen LogP contribution is -2.42. The van der Waals surface area contributed by atoms with Gasteiger partial charge in [-0.15, -0.1) is 0 Å². The number of unbranched alkanes of at least 4 members (excludes halogenated alkanes) is 5. The van der Waals surface area contributed by atoms with Gasteiger partial charge in [-0.1, -0.05) is 39.0 Å². The summed E-state index contributed by atoms with van der Waals surface area (Å²) in [7, 11) is 0. The SMILES string of the molecule is CCCCCCCCNC(=O)NC1CCOC1. The van der Waals surface area contributed by atoms with Gasteiger partial charge >= 0.3 is 6.03 Å². The van der Waals surface area contributed by atoms with Crippen LogP contribution in [0.1, 0.15) is 51.9 Å². The summed E-state index contributed by atoms with van der Waals surface area (Å²) >= 11 is 0. The van der Waals surface area contributed by atoms with Crippen molar-refractivity contribution >= 4 is 6.03 Å². The van der Waals surface area contributed by atoms with Gasteiger partial charge < -0.3 is 15.4 Å². The van der Waals surface area contributed by atoms with Crippen molar-refractivity contribution in [3.63, 3.8) is 0 Å². The van der Waals surface area contributed by atoms with Gasteiger partial charge in [0.25, 0.3) is 0 Å². The first-order chi connectivity index (χ1) is 8.33. The fraction of sp³-hybridized carbons (Fsp3) is 0.923. The summed E-state index contributed by atoms with van der Waals surface area (Å²) in [6.45, 7) is 4.43. The molecule has 0 aliphatic carbocycles. The molecule has 1 unspecified atom stereocenters. The van der Waals surface area contributed by atoms with E-state index in [1.807, 2.05) is 0 Å². The second-order valence-electron chi connectivity index (χ2n) is 4.73. The number of ether oxygens (including phenoxy) is 1. The monoisotopic (exact) mass is 242 g/mol. The lowest BCUT2D eigenvalue weighted by Gasteiger charge is -2.11. The highest BCUT2D eigenvalue weighted by molar-refractivity contribution is 5.74. The minimum Gasteiger partial charge on any atom is -0.379 e. The Kier molecular flexibility index (Phi) is 7.80. The first-order valence-corrected chi connectivity index (χ1v) is 6.95. The van der Waals surface area contributed by atoms with Crippen molar-refractivity contribution in [1.82, 2.24) is 10.6 Å². The van der Waals surface area contributed by atoms with E-state index in [-0.39, 0.29) is 12.1 Å². The molecule has 17 heavy (non-hydrogen) atoms. The fourth-order valence-electron chi connectivity index (χ4n) is 1.99. The molecule has 1 atom stereocenters. The molecule has 2 N–H and O–H groups in total. The van der Waals surface area contributed by atoms with Crippen LogP contribution >= 0.6 is 0 Å². The molecule has 0 spiro atoms. The zero-order valence-electron chi connectivity index (χ0n) is 11.0. The van der Waals surface area contributed by atoms with Crippen LogP contribution in [0.5, 0.6) is 0 Å². The standard InChI is InChI=1S/C13H26N2O2/c1-2-3-4-5-6-7-9-14-13(16)15-12-8-10-17-11-12/h12H,2-11H2,1H3,(H2,14,15,16). The molecule has 1 rings (SSSR count). The third-order valence-corrected chi connectivity index (χ3v) is 3.08. The van der Waals surface area contributed by atoms with Crippen LogP contribution in [-0.2, 0) is 4.74 Å². The Morgan fingerprint density at radius 1 is 1.24 bits per heavy atom. The summed E-state index contributed by atoms with van der Waals surface area (Å²) < 4.78 is 5.20. The smallest absolute Gasteiger partial charge is 0.315 e. The van der Waals surface area contributed by atoms with Gasteiger partial charge in [-0.2, -0.15) is 0 Å². The summed E-state index contributed by atoms with van der Waals surface area (Å²) in [5.41, 5.74) is 0. The molecular formula is C13H26N2O2. The highest BCUT2D eigenvalue weighted by Gasteiger charge is 2.16. The molecule has 0 aromatic heterocycles. The Balaban J connectivity index is 1.86. The number of carbonyl (C=O) groups is 1. The Hall–Kier alpha value is -0.770. The number of rotatable bonds is 8.